The van der Waals surface area contributed by atoms with E-state index < -0.39 is 22.4 Å². The molecule has 0 aliphatic rings. The fourth-order valence-electron chi connectivity index (χ4n) is 1.15. The Labute approximate surface area is 91.7 Å². The summed E-state index contributed by atoms with van der Waals surface area (Å²) in [7, 11) is 2.58. The molecular weight excluding hydrogens is 243 g/mol. The summed E-state index contributed by atoms with van der Waals surface area (Å²) in [6, 6.07) is 2.50. The van der Waals surface area contributed by atoms with Gasteiger partial charge in [0.25, 0.3) is 5.69 Å². The average molecular weight is 248 g/mol. The first-order chi connectivity index (χ1) is 7.36. The van der Waals surface area contributed by atoms with Gasteiger partial charge in [-0.15, -0.1) is 0 Å². The van der Waals surface area contributed by atoms with E-state index in [2.05, 4.69) is 14.9 Å². The molecule has 1 aromatic rings. The lowest BCUT2D eigenvalue weighted by molar-refractivity contribution is -0.385. The van der Waals surface area contributed by atoms with Gasteiger partial charge in [-0.2, -0.15) is 13.2 Å². The van der Waals surface area contributed by atoms with Gasteiger partial charge in [-0.05, 0) is 11.6 Å². The maximum Gasteiger partial charge on any atom is 0.417 e. The van der Waals surface area contributed by atoms with Crippen molar-refractivity contribution in [1.29, 1.82) is 0 Å². The van der Waals surface area contributed by atoms with Crippen LogP contribution in [0.25, 0.3) is 0 Å². The smallest absolute Gasteiger partial charge is 0.414 e. The summed E-state index contributed by atoms with van der Waals surface area (Å²) < 4.78 is 42.0. The number of benzene rings is 1. The summed E-state index contributed by atoms with van der Waals surface area (Å²) >= 11 is 0. The summed E-state index contributed by atoms with van der Waals surface area (Å²) in [5, 5.41) is 10.3. The molecule has 0 saturated carbocycles. The van der Waals surface area contributed by atoms with Crippen molar-refractivity contribution in [2.75, 3.05) is 0 Å². The molecule has 0 heterocycles. The fourth-order valence-corrected chi connectivity index (χ4v) is 1.30. The number of nitrogens with zero attached hydrogens (tertiary/aromatic N) is 1. The molecule has 0 unspecified atom stereocenters. The van der Waals surface area contributed by atoms with Crippen LogP contribution in [0.2, 0.25) is 0 Å². The highest BCUT2D eigenvalue weighted by Crippen LogP contribution is 2.34. The van der Waals surface area contributed by atoms with E-state index in [9.17, 15) is 23.3 Å². The van der Waals surface area contributed by atoms with E-state index in [0.29, 0.717) is 6.07 Å². The van der Waals surface area contributed by atoms with Crippen LogP contribution in [0.4, 0.5) is 18.9 Å². The Morgan fingerprint density at radius 3 is 2.50 bits per heavy atom. The van der Waals surface area contributed by atoms with E-state index in [4.69, 9.17) is 0 Å². The first kappa shape index (κ1) is 12.7. The average Bonchev–Trinajstić information content (AvgIpc) is 2.16. The van der Waals surface area contributed by atoms with Crippen molar-refractivity contribution in [3.05, 3.63) is 39.4 Å². The van der Waals surface area contributed by atoms with Crippen LogP contribution in [0.15, 0.2) is 18.2 Å². The monoisotopic (exact) mass is 248 g/mol. The second-order valence-electron chi connectivity index (χ2n) is 2.88. The standard InChI is InChI=1S/C8H5F3NO3Si/c9-8(10,11)7-3-6(12(13)14)2-1-5(7)4-15-16/h1-3H,4H2. The third-order valence-corrected chi connectivity index (χ3v) is 1.98. The minimum atomic E-state index is -4.65. The fraction of sp³-hybridized carbons (Fsp3) is 0.250. The van der Waals surface area contributed by atoms with Gasteiger partial charge < -0.3 is 4.43 Å². The van der Waals surface area contributed by atoms with Crippen molar-refractivity contribution in [2.24, 2.45) is 0 Å². The quantitative estimate of drug-likeness (QED) is 0.468. The van der Waals surface area contributed by atoms with Gasteiger partial charge in [0.2, 0.25) is 10.5 Å². The third kappa shape index (κ3) is 2.80. The van der Waals surface area contributed by atoms with Crippen molar-refractivity contribution in [1.82, 2.24) is 0 Å². The number of nitro benzene ring substituents is 1. The molecule has 0 aliphatic carbocycles. The van der Waals surface area contributed by atoms with Crippen molar-refractivity contribution < 1.29 is 22.5 Å². The van der Waals surface area contributed by atoms with Crippen LogP contribution < -0.4 is 0 Å². The number of alkyl halides is 3. The first-order valence-corrected chi connectivity index (χ1v) is 4.40. The van der Waals surface area contributed by atoms with E-state index in [0.717, 1.165) is 12.1 Å². The Balaban J connectivity index is 3.27. The van der Waals surface area contributed by atoms with Gasteiger partial charge in [0.15, 0.2) is 0 Å². The molecular formula is C8H5F3NO3Si. The van der Waals surface area contributed by atoms with Gasteiger partial charge in [-0.25, -0.2) is 0 Å². The summed E-state index contributed by atoms with van der Waals surface area (Å²) in [6.07, 6.45) is -4.65. The Bertz CT molecular complexity index is 408. The topological polar surface area (TPSA) is 52.4 Å². The SMILES string of the molecule is O=[N+]([O-])c1ccc(CO[Si])c(C(F)(F)F)c1. The van der Waals surface area contributed by atoms with Crippen LogP contribution >= 0.6 is 0 Å². The molecule has 0 spiro atoms. The van der Waals surface area contributed by atoms with E-state index in [1.54, 1.807) is 0 Å². The van der Waals surface area contributed by atoms with Gasteiger partial charge in [-0.1, -0.05) is 0 Å². The van der Waals surface area contributed by atoms with Gasteiger partial charge in [-0.3, -0.25) is 10.1 Å². The maximum atomic E-state index is 12.5. The van der Waals surface area contributed by atoms with E-state index in [1.807, 2.05) is 0 Å². The number of non-ortho nitro benzene ring substituents is 1. The molecule has 1 rings (SSSR count). The highest BCUT2D eigenvalue weighted by molar-refractivity contribution is 5.97. The Hall–Kier alpha value is -1.41. The molecule has 4 nitrogen and oxygen atoms in total. The van der Waals surface area contributed by atoms with E-state index in [1.165, 1.54) is 0 Å². The first-order valence-electron chi connectivity index (χ1n) is 3.99. The Morgan fingerprint density at radius 2 is 2.06 bits per heavy atom. The minimum absolute atomic E-state index is 0.173. The Kier molecular flexibility index (Phi) is 3.65. The number of hydrogen-bond donors (Lipinski definition) is 0. The zero-order chi connectivity index (χ0) is 12.3. The van der Waals surface area contributed by atoms with Gasteiger partial charge in [0.05, 0.1) is 17.1 Å². The van der Waals surface area contributed by atoms with Gasteiger partial charge in [0.1, 0.15) is 0 Å². The number of hydrogen-bond acceptors (Lipinski definition) is 3. The highest BCUT2D eigenvalue weighted by Gasteiger charge is 2.34. The molecule has 0 saturated heterocycles. The lowest BCUT2D eigenvalue weighted by atomic mass is 10.1. The molecule has 16 heavy (non-hydrogen) atoms. The number of halogens is 3. The lowest BCUT2D eigenvalue weighted by Gasteiger charge is -2.11. The van der Waals surface area contributed by atoms with E-state index in [-0.39, 0.29) is 12.2 Å². The highest BCUT2D eigenvalue weighted by atomic mass is 28.2. The molecule has 3 radical (unpaired) electrons. The molecule has 0 fully saturated rings. The van der Waals surface area contributed by atoms with Crippen LogP contribution in [-0.4, -0.2) is 15.4 Å². The molecule has 0 atom stereocenters. The third-order valence-electron chi connectivity index (χ3n) is 1.84. The molecule has 8 heteroatoms. The predicted molar refractivity (Wildman–Crippen MR) is 48.6 cm³/mol. The molecule has 85 valence electrons. The van der Waals surface area contributed by atoms with Crippen molar-refractivity contribution >= 4 is 16.2 Å². The van der Waals surface area contributed by atoms with Crippen molar-refractivity contribution in [3.8, 4) is 0 Å². The molecule has 0 N–H and O–H groups in total. The molecule has 1 aromatic carbocycles. The van der Waals surface area contributed by atoms with Gasteiger partial charge in [0, 0.05) is 12.1 Å². The van der Waals surface area contributed by atoms with Crippen LogP contribution in [0.5, 0.6) is 0 Å². The largest absolute Gasteiger partial charge is 0.417 e. The molecule has 0 bridgehead atoms. The van der Waals surface area contributed by atoms with Crippen LogP contribution in [0, 0.1) is 10.1 Å². The summed E-state index contributed by atoms with van der Waals surface area (Å²) in [6.45, 7) is -0.330. The minimum Gasteiger partial charge on any atom is -0.414 e. The lowest BCUT2D eigenvalue weighted by Crippen LogP contribution is -2.10. The maximum absolute atomic E-state index is 12.5. The van der Waals surface area contributed by atoms with E-state index >= 15 is 0 Å². The number of nitro groups is 1. The normalized spacial score (nSPS) is 11.5. The van der Waals surface area contributed by atoms with Gasteiger partial charge >= 0.3 is 6.18 Å². The summed E-state index contributed by atoms with van der Waals surface area (Å²) in [4.78, 5) is 9.47. The molecule has 0 amide bonds. The second kappa shape index (κ2) is 4.62. The van der Waals surface area contributed by atoms with Crippen molar-refractivity contribution in [3.63, 3.8) is 0 Å². The zero-order valence-corrected chi connectivity index (χ0v) is 8.75. The van der Waals surface area contributed by atoms with Crippen LogP contribution in [-0.2, 0) is 17.2 Å². The predicted octanol–water partition coefficient (Wildman–Crippen LogP) is 2.21. The summed E-state index contributed by atoms with van der Waals surface area (Å²) in [5.41, 5.74) is -1.85. The summed E-state index contributed by atoms with van der Waals surface area (Å²) in [5.74, 6) is 0. The van der Waals surface area contributed by atoms with Crippen LogP contribution in [0.3, 0.4) is 0 Å². The van der Waals surface area contributed by atoms with Crippen LogP contribution in [0.1, 0.15) is 11.1 Å². The van der Waals surface area contributed by atoms with Crippen molar-refractivity contribution in [2.45, 2.75) is 12.8 Å². The zero-order valence-electron chi connectivity index (χ0n) is 7.75. The molecule has 0 aromatic heterocycles. The molecule has 0 aliphatic heterocycles. The second-order valence-corrected chi connectivity index (χ2v) is 3.17. The number of rotatable bonds is 3. The Morgan fingerprint density at radius 1 is 1.44 bits per heavy atom.